The van der Waals surface area contributed by atoms with Gasteiger partial charge in [0.2, 0.25) is 0 Å². The zero-order valence-electron chi connectivity index (χ0n) is 7.90. The van der Waals surface area contributed by atoms with Crippen molar-refractivity contribution in [2.24, 2.45) is 0 Å². The van der Waals surface area contributed by atoms with Gasteiger partial charge in [-0.2, -0.15) is 11.3 Å². The van der Waals surface area contributed by atoms with Crippen LogP contribution in [0.15, 0.2) is 22.9 Å². The number of hydrogen-bond acceptors (Lipinski definition) is 2. The molecule has 0 radical (unpaired) electrons. The second kappa shape index (κ2) is 9.26. The molecule has 1 aromatic rings. The van der Waals surface area contributed by atoms with Crippen LogP contribution >= 0.6 is 11.3 Å². The zero-order valence-corrected chi connectivity index (χ0v) is 8.72. The van der Waals surface area contributed by atoms with Crippen molar-refractivity contribution < 1.29 is 9.90 Å². The minimum Gasteiger partial charge on any atom is -0.481 e. The average molecular weight is 200 g/mol. The fourth-order valence-electron chi connectivity index (χ4n) is 0.753. The fraction of sp³-hybridized carbons (Fsp3) is 0.500. The molecule has 0 saturated heterocycles. The van der Waals surface area contributed by atoms with E-state index in [-0.39, 0.29) is 0 Å². The number of thiophene rings is 1. The lowest BCUT2D eigenvalue weighted by Gasteiger charge is -1.89. The molecule has 0 aliphatic heterocycles. The normalized spacial score (nSPS) is 8.69. The van der Waals surface area contributed by atoms with E-state index >= 15 is 0 Å². The molecule has 2 nitrogen and oxygen atoms in total. The number of unbranched alkanes of at least 4 members (excludes halogenated alkanes) is 2. The van der Waals surface area contributed by atoms with Crippen LogP contribution in [-0.2, 0) is 4.79 Å². The molecule has 0 bridgehead atoms. The van der Waals surface area contributed by atoms with E-state index < -0.39 is 5.97 Å². The van der Waals surface area contributed by atoms with Crippen LogP contribution in [-0.4, -0.2) is 11.1 Å². The van der Waals surface area contributed by atoms with E-state index in [4.69, 9.17) is 5.11 Å². The van der Waals surface area contributed by atoms with Gasteiger partial charge in [-0.25, -0.2) is 0 Å². The summed E-state index contributed by atoms with van der Waals surface area (Å²) in [5, 5.41) is 12.2. The first-order valence-corrected chi connectivity index (χ1v) is 5.40. The van der Waals surface area contributed by atoms with Gasteiger partial charge in [0.25, 0.3) is 0 Å². The molecule has 3 heteroatoms. The number of hydrogen-bond donors (Lipinski definition) is 1. The molecule has 1 heterocycles. The molecular formula is C10H16O2S. The van der Waals surface area contributed by atoms with Gasteiger partial charge in [0.1, 0.15) is 0 Å². The predicted octanol–water partition coefficient (Wildman–Crippen LogP) is 3.40. The number of aliphatic carboxylic acids is 1. The van der Waals surface area contributed by atoms with Gasteiger partial charge in [-0.1, -0.05) is 31.9 Å². The Kier molecular flexibility index (Phi) is 8.67. The summed E-state index contributed by atoms with van der Waals surface area (Å²) in [7, 11) is 0. The van der Waals surface area contributed by atoms with Gasteiger partial charge in [-0.15, -0.1) is 0 Å². The summed E-state index contributed by atoms with van der Waals surface area (Å²) in [6.07, 6.45) is 3.28. The van der Waals surface area contributed by atoms with Crippen molar-refractivity contribution in [1.82, 2.24) is 0 Å². The van der Waals surface area contributed by atoms with Crippen LogP contribution in [0.4, 0.5) is 0 Å². The summed E-state index contributed by atoms with van der Waals surface area (Å²) in [6.45, 7) is 2.06. The van der Waals surface area contributed by atoms with Gasteiger partial charge in [-0.3, -0.25) is 4.79 Å². The largest absolute Gasteiger partial charge is 0.481 e. The highest BCUT2D eigenvalue weighted by Gasteiger charge is 1.92. The minimum absolute atomic E-state index is 0.327. The highest BCUT2D eigenvalue weighted by molar-refractivity contribution is 7.07. The van der Waals surface area contributed by atoms with Crippen LogP contribution in [0.25, 0.3) is 0 Å². The summed E-state index contributed by atoms with van der Waals surface area (Å²) in [5.74, 6) is -0.682. The number of carboxylic acids is 1. The quantitative estimate of drug-likeness (QED) is 0.756. The molecular weight excluding hydrogens is 184 g/mol. The van der Waals surface area contributed by atoms with Gasteiger partial charge in [0.15, 0.2) is 0 Å². The second-order valence-electron chi connectivity index (χ2n) is 2.64. The van der Waals surface area contributed by atoms with E-state index in [9.17, 15) is 4.79 Å². The topological polar surface area (TPSA) is 37.3 Å². The Bertz CT molecular complexity index is 177. The van der Waals surface area contributed by atoms with Crippen molar-refractivity contribution in [2.45, 2.75) is 32.6 Å². The van der Waals surface area contributed by atoms with Gasteiger partial charge in [0, 0.05) is 6.42 Å². The molecule has 1 aromatic heterocycles. The average Bonchev–Trinajstić information content (AvgIpc) is 2.61. The summed E-state index contributed by atoms with van der Waals surface area (Å²) in [5.41, 5.74) is 0. The van der Waals surface area contributed by atoms with Crippen LogP contribution in [0.2, 0.25) is 0 Å². The van der Waals surface area contributed by atoms with Gasteiger partial charge in [-0.05, 0) is 17.2 Å². The number of rotatable bonds is 4. The molecule has 0 aliphatic carbocycles. The Morgan fingerprint density at radius 2 is 1.92 bits per heavy atom. The third-order valence-corrected chi connectivity index (χ3v) is 2.05. The molecule has 74 valence electrons. The first-order chi connectivity index (χ1) is 6.27. The molecule has 0 aliphatic rings. The molecule has 0 aromatic carbocycles. The molecule has 0 amide bonds. The van der Waals surface area contributed by atoms with Gasteiger partial charge < -0.3 is 5.11 Å². The van der Waals surface area contributed by atoms with Crippen LogP contribution in [0.5, 0.6) is 0 Å². The molecule has 0 fully saturated rings. The minimum atomic E-state index is -0.682. The third-order valence-electron chi connectivity index (χ3n) is 1.42. The molecule has 0 atom stereocenters. The SMILES string of the molecule is CCCCCC(=O)O.c1ccsc1. The van der Waals surface area contributed by atoms with Crippen molar-refractivity contribution in [2.75, 3.05) is 0 Å². The van der Waals surface area contributed by atoms with Crippen molar-refractivity contribution in [3.63, 3.8) is 0 Å². The van der Waals surface area contributed by atoms with Gasteiger partial charge in [0.05, 0.1) is 0 Å². The van der Waals surface area contributed by atoms with Gasteiger partial charge >= 0.3 is 5.97 Å². The van der Waals surface area contributed by atoms with Crippen molar-refractivity contribution in [3.05, 3.63) is 22.9 Å². The molecule has 0 saturated carbocycles. The van der Waals surface area contributed by atoms with Crippen LogP contribution in [0.3, 0.4) is 0 Å². The predicted molar refractivity (Wildman–Crippen MR) is 56.1 cm³/mol. The molecule has 0 spiro atoms. The lowest BCUT2D eigenvalue weighted by atomic mass is 10.2. The van der Waals surface area contributed by atoms with E-state index in [1.807, 2.05) is 22.9 Å². The summed E-state index contributed by atoms with van der Waals surface area (Å²) in [6, 6.07) is 4.04. The van der Waals surface area contributed by atoms with Crippen molar-refractivity contribution >= 4 is 17.3 Å². The Hall–Kier alpha value is -0.830. The van der Waals surface area contributed by atoms with E-state index in [2.05, 4.69) is 6.92 Å². The fourth-order valence-corrected chi connectivity index (χ4v) is 1.21. The first-order valence-electron chi connectivity index (χ1n) is 4.46. The number of carboxylic acid groups (broad SMARTS) is 1. The van der Waals surface area contributed by atoms with E-state index in [0.717, 1.165) is 19.3 Å². The van der Waals surface area contributed by atoms with Crippen molar-refractivity contribution in [1.29, 1.82) is 0 Å². The Balaban J connectivity index is 0.000000243. The highest BCUT2D eigenvalue weighted by Crippen LogP contribution is 1.97. The lowest BCUT2D eigenvalue weighted by molar-refractivity contribution is -0.137. The maximum absolute atomic E-state index is 9.87. The lowest BCUT2D eigenvalue weighted by Crippen LogP contribution is -1.92. The van der Waals surface area contributed by atoms with E-state index in [1.165, 1.54) is 0 Å². The third kappa shape index (κ3) is 11.2. The molecule has 1 N–H and O–H groups in total. The van der Waals surface area contributed by atoms with Crippen LogP contribution < -0.4 is 0 Å². The van der Waals surface area contributed by atoms with Crippen LogP contribution in [0, 0.1) is 0 Å². The van der Waals surface area contributed by atoms with Crippen LogP contribution in [0.1, 0.15) is 32.6 Å². The number of carbonyl (C=O) groups is 1. The van der Waals surface area contributed by atoms with E-state index in [0.29, 0.717) is 6.42 Å². The maximum Gasteiger partial charge on any atom is 0.303 e. The molecule has 0 unspecified atom stereocenters. The summed E-state index contributed by atoms with van der Waals surface area (Å²) in [4.78, 5) is 9.87. The Morgan fingerprint density at radius 1 is 1.31 bits per heavy atom. The first kappa shape index (κ1) is 12.2. The molecule has 13 heavy (non-hydrogen) atoms. The summed E-state index contributed by atoms with van der Waals surface area (Å²) < 4.78 is 0. The second-order valence-corrected chi connectivity index (χ2v) is 3.46. The smallest absolute Gasteiger partial charge is 0.303 e. The maximum atomic E-state index is 9.87. The Morgan fingerprint density at radius 3 is 2.23 bits per heavy atom. The van der Waals surface area contributed by atoms with Crippen molar-refractivity contribution in [3.8, 4) is 0 Å². The highest BCUT2D eigenvalue weighted by atomic mass is 32.1. The summed E-state index contributed by atoms with van der Waals surface area (Å²) >= 11 is 1.71. The van der Waals surface area contributed by atoms with E-state index in [1.54, 1.807) is 11.3 Å². The Labute approximate surface area is 83.2 Å². The standard InChI is InChI=1S/C6H12O2.C4H4S/c1-2-3-4-5-6(7)8;1-2-4-5-3-1/h2-5H2,1H3,(H,7,8);1-4H. The zero-order chi connectivity index (χ0) is 9.94. The monoisotopic (exact) mass is 200 g/mol. The molecule has 1 rings (SSSR count).